The molecule has 27 heavy (non-hydrogen) atoms. The number of rotatable bonds is 8. The quantitative estimate of drug-likeness (QED) is 0.690. The highest BCUT2D eigenvalue weighted by Crippen LogP contribution is 2.27. The normalized spacial score (nSPS) is 10.2. The molecule has 0 aliphatic heterocycles. The molecule has 0 aliphatic carbocycles. The van der Waals surface area contributed by atoms with Crippen molar-refractivity contribution >= 4 is 29.2 Å². The van der Waals surface area contributed by atoms with Crippen molar-refractivity contribution in [3.8, 4) is 11.5 Å². The van der Waals surface area contributed by atoms with Gasteiger partial charge in [0.2, 0.25) is 0 Å². The lowest BCUT2D eigenvalue weighted by Crippen LogP contribution is -2.24. The van der Waals surface area contributed by atoms with E-state index in [1.807, 2.05) is 20.8 Å². The standard InChI is InChI=1S/C20H22ClNO5/c1-4-25-17-8-6-5-7-16(17)22-18(23)11-26-19(24)12-27-20-13(2)9-15(21)10-14(20)3/h5-10H,4,11-12H2,1-3H3,(H,22,23). The molecule has 0 fully saturated rings. The highest BCUT2D eigenvalue weighted by Gasteiger charge is 2.13. The third-order valence-corrected chi connectivity index (χ3v) is 3.80. The molecule has 1 N–H and O–H groups in total. The van der Waals surface area contributed by atoms with Crippen molar-refractivity contribution in [2.24, 2.45) is 0 Å². The summed E-state index contributed by atoms with van der Waals surface area (Å²) < 4.78 is 15.9. The number of benzene rings is 2. The molecular weight excluding hydrogens is 370 g/mol. The number of halogens is 1. The van der Waals surface area contributed by atoms with Gasteiger partial charge in [-0.05, 0) is 56.2 Å². The Morgan fingerprint density at radius 1 is 1.04 bits per heavy atom. The second-order valence-electron chi connectivity index (χ2n) is 5.80. The van der Waals surface area contributed by atoms with Gasteiger partial charge < -0.3 is 19.5 Å². The summed E-state index contributed by atoms with van der Waals surface area (Å²) in [7, 11) is 0. The minimum atomic E-state index is -0.642. The number of carbonyl (C=O) groups is 2. The molecule has 0 saturated carbocycles. The SMILES string of the molecule is CCOc1ccccc1NC(=O)COC(=O)COc1c(C)cc(Cl)cc1C. The molecule has 0 spiro atoms. The van der Waals surface area contributed by atoms with Gasteiger partial charge in [-0.1, -0.05) is 23.7 Å². The maximum absolute atomic E-state index is 12.0. The van der Waals surface area contributed by atoms with Crippen molar-refractivity contribution in [3.63, 3.8) is 0 Å². The smallest absolute Gasteiger partial charge is 0.344 e. The summed E-state index contributed by atoms with van der Waals surface area (Å²) in [5.74, 6) is 0.0227. The van der Waals surface area contributed by atoms with Gasteiger partial charge in [0.15, 0.2) is 13.2 Å². The summed E-state index contributed by atoms with van der Waals surface area (Å²) in [4.78, 5) is 23.8. The lowest BCUT2D eigenvalue weighted by Gasteiger charge is -2.13. The fraction of sp³-hybridized carbons (Fsp3) is 0.300. The molecule has 1 amide bonds. The van der Waals surface area contributed by atoms with Crippen LogP contribution < -0.4 is 14.8 Å². The molecule has 0 heterocycles. The van der Waals surface area contributed by atoms with E-state index in [0.717, 1.165) is 11.1 Å². The molecule has 0 aliphatic rings. The number of para-hydroxylation sites is 2. The third kappa shape index (κ3) is 6.18. The molecular formula is C20H22ClNO5. The highest BCUT2D eigenvalue weighted by molar-refractivity contribution is 6.30. The van der Waals surface area contributed by atoms with E-state index in [0.29, 0.717) is 28.8 Å². The lowest BCUT2D eigenvalue weighted by atomic mass is 10.1. The number of esters is 1. The summed E-state index contributed by atoms with van der Waals surface area (Å²) in [6.07, 6.45) is 0. The van der Waals surface area contributed by atoms with Gasteiger partial charge in [0.1, 0.15) is 11.5 Å². The summed E-state index contributed by atoms with van der Waals surface area (Å²) in [5, 5.41) is 3.25. The number of amides is 1. The minimum Gasteiger partial charge on any atom is -0.492 e. The van der Waals surface area contributed by atoms with Crippen LogP contribution in [0.25, 0.3) is 0 Å². The third-order valence-electron chi connectivity index (χ3n) is 3.58. The Bertz CT molecular complexity index is 799. The Morgan fingerprint density at radius 3 is 2.37 bits per heavy atom. The summed E-state index contributed by atoms with van der Waals surface area (Å²) in [6, 6.07) is 10.5. The number of carbonyl (C=O) groups excluding carboxylic acids is 2. The molecule has 0 aromatic heterocycles. The zero-order valence-electron chi connectivity index (χ0n) is 15.5. The summed E-state index contributed by atoms with van der Waals surface area (Å²) >= 11 is 5.97. The molecule has 144 valence electrons. The van der Waals surface area contributed by atoms with Crippen molar-refractivity contribution < 1.29 is 23.8 Å². The number of aryl methyl sites for hydroxylation is 2. The van der Waals surface area contributed by atoms with Crippen LogP contribution in [-0.2, 0) is 14.3 Å². The minimum absolute atomic E-state index is 0.299. The van der Waals surface area contributed by atoms with E-state index in [9.17, 15) is 9.59 Å². The number of anilines is 1. The summed E-state index contributed by atoms with van der Waals surface area (Å²) in [5.41, 5.74) is 2.15. The van der Waals surface area contributed by atoms with Gasteiger partial charge in [0.25, 0.3) is 5.91 Å². The van der Waals surface area contributed by atoms with Crippen LogP contribution in [0.2, 0.25) is 5.02 Å². The van der Waals surface area contributed by atoms with Gasteiger partial charge in [0, 0.05) is 5.02 Å². The molecule has 2 aromatic carbocycles. The Labute approximate surface area is 163 Å². The van der Waals surface area contributed by atoms with E-state index in [1.54, 1.807) is 36.4 Å². The van der Waals surface area contributed by atoms with E-state index in [4.69, 9.17) is 25.8 Å². The molecule has 6 nitrogen and oxygen atoms in total. The maximum Gasteiger partial charge on any atom is 0.344 e. The van der Waals surface area contributed by atoms with Gasteiger partial charge in [0.05, 0.1) is 12.3 Å². The van der Waals surface area contributed by atoms with Crippen molar-refractivity contribution in [3.05, 3.63) is 52.5 Å². The van der Waals surface area contributed by atoms with E-state index >= 15 is 0 Å². The van der Waals surface area contributed by atoms with Crippen LogP contribution >= 0.6 is 11.6 Å². The Kier molecular flexibility index (Phi) is 7.49. The fourth-order valence-corrected chi connectivity index (χ4v) is 2.81. The first-order valence-electron chi connectivity index (χ1n) is 8.47. The monoisotopic (exact) mass is 391 g/mol. The second kappa shape index (κ2) is 9.83. The highest BCUT2D eigenvalue weighted by atomic mass is 35.5. The first kappa shape index (κ1) is 20.6. The summed E-state index contributed by atoms with van der Waals surface area (Å²) in [6.45, 7) is 5.28. The zero-order chi connectivity index (χ0) is 19.8. The van der Waals surface area contributed by atoms with Gasteiger partial charge in [-0.2, -0.15) is 0 Å². The molecule has 0 unspecified atom stereocenters. The van der Waals surface area contributed by atoms with Crippen molar-refractivity contribution in [2.75, 3.05) is 25.1 Å². The lowest BCUT2D eigenvalue weighted by molar-refractivity contribution is -0.149. The Hall–Kier alpha value is -2.73. The molecule has 2 rings (SSSR count). The second-order valence-corrected chi connectivity index (χ2v) is 6.23. The number of hydrogen-bond donors (Lipinski definition) is 1. The van der Waals surface area contributed by atoms with Crippen LogP contribution in [-0.4, -0.2) is 31.7 Å². The van der Waals surface area contributed by atoms with Crippen molar-refractivity contribution in [1.82, 2.24) is 0 Å². The first-order chi connectivity index (χ1) is 12.9. The Morgan fingerprint density at radius 2 is 1.70 bits per heavy atom. The number of ether oxygens (including phenoxy) is 3. The van der Waals surface area contributed by atoms with Gasteiger partial charge in [-0.15, -0.1) is 0 Å². The van der Waals surface area contributed by atoms with Gasteiger partial charge in [-0.25, -0.2) is 4.79 Å². The topological polar surface area (TPSA) is 73.9 Å². The predicted octanol–water partition coefficient (Wildman–Crippen LogP) is 3.92. The fourth-order valence-electron chi connectivity index (χ4n) is 2.48. The van der Waals surface area contributed by atoms with Crippen molar-refractivity contribution in [1.29, 1.82) is 0 Å². The molecule has 0 radical (unpaired) electrons. The molecule has 0 saturated heterocycles. The van der Waals surface area contributed by atoms with Crippen LogP contribution in [0.15, 0.2) is 36.4 Å². The van der Waals surface area contributed by atoms with E-state index in [-0.39, 0.29) is 6.61 Å². The number of nitrogens with one attached hydrogen (secondary N) is 1. The van der Waals surface area contributed by atoms with E-state index in [2.05, 4.69) is 5.32 Å². The molecule has 0 bridgehead atoms. The first-order valence-corrected chi connectivity index (χ1v) is 8.85. The largest absolute Gasteiger partial charge is 0.492 e. The van der Waals surface area contributed by atoms with Gasteiger partial charge >= 0.3 is 5.97 Å². The van der Waals surface area contributed by atoms with Crippen LogP contribution in [0.1, 0.15) is 18.1 Å². The molecule has 0 atom stereocenters. The van der Waals surface area contributed by atoms with E-state index < -0.39 is 18.5 Å². The van der Waals surface area contributed by atoms with Crippen LogP contribution in [0.5, 0.6) is 11.5 Å². The maximum atomic E-state index is 12.0. The van der Waals surface area contributed by atoms with Crippen molar-refractivity contribution in [2.45, 2.75) is 20.8 Å². The average Bonchev–Trinajstić information content (AvgIpc) is 2.61. The number of hydrogen-bond acceptors (Lipinski definition) is 5. The van der Waals surface area contributed by atoms with E-state index in [1.165, 1.54) is 0 Å². The molecule has 7 heteroatoms. The molecule has 2 aromatic rings. The van der Waals surface area contributed by atoms with Crippen LogP contribution in [0, 0.1) is 13.8 Å². The predicted molar refractivity (Wildman–Crippen MR) is 104 cm³/mol. The van der Waals surface area contributed by atoms with Crippen LogP contribution in [0.4, 0.5) is 5.69 Å². The van der Waals surface area contributed by atoms with Crippen LogP contribution in [0.3, 0.4) is 0 Å². The average molecular weight is 392 g/mol. The van der Waals surface area contributed by atoms with Gasteiger partial charge in [-0.3, -0.25) is 4.79 Å². The Balaban J connectivity index is 1.83. The zero-order valence-corrected chi connectivity index (χ0v) is 16.3.